The molecule has 80 valence electrons. The molecule has 1 aromatic rings. The summed E-state index contributed by atoms with van der Waals surface area (Å²) in [5.74, 6) is 1.89. The van der Waals surface area contributed by atoms with Crippen molar-refractivity contribution in [3.05, 3.63) is 12.2 Å². The van der Waals surface area contributed by atoms with Crippen LogP contribution in [0.2, 0.25) is 0 Å². The Morgan fingerprint density at radius 3 is 3.27 bits per heavy atom. The molecule has 0 aliphatic carbocycles. The van der Waals surface area contributed by atoms with Crippen molar-refractivity contribution in [2.75, 3.05) is 0 Å². The Morgan fingerprint density at radius 2 is 2.53 bits per heavy atom. The first-order valence-corrected chi connectivity index (χ1v) is 5.61. The highest BCUT2D eigenvalue weighted by Crippen LogP contribution is 2.36. The highest BCUT2D eigenvalue weighted by molar-refractivity contribution is 5.07. The first kappa shape index (κ1) is 10.2. The number of unbranched alkanes of at least 4 members (excludes halogenated alkanes) is 1. The van der Waals surface area contributed by atoms with Crippen molar-refractivity contribution >= 4 is 0 Å². The Morgan fingerprint density at radius 1 is 1.67 bits per heavy atom. The summed E-state index contributed by atoms with van der Waals surface area (Å²) < 4.78 is 1.96. The second-order valence-corrected chi connectivity index (χ2v) is 4.17. The Kier molecular flexibility index (Phi) is 3.00. The normalized spacial score (nSPS) is 23.7. The van der Waals surface area contributed by atoms with E-state index in [1.54, 1.807) is 6.33 Å². The molecule has 0 unspecified atom stereocenters. The van der Waals surface area contributed by atoms with Gasteiger partial charge in [0.15, 0.2) is 0 Å². The SMILES string of the molecule is CCCC[C@H]1Cn2ncnc2[C@@H]1CC#N. The van der Waals surface area contributed by atoms with Gasteiger partial charge in [-0.1, -0.05) is 19.8 Å². The molecule has 0 N–H and O–H groups in total. The van der Waals surface area contributed by atoms with Crippen LogP contribution in [0.3, 0.4) is 0 Å². The number of hydrogen-bond acceptors (Lipinski definition) is 3. The minimum atomic E-state index is 0.309. The van der Waals surface area contributed by atoms with Crippen LogP contribution in [0.5, 0.6) is 0 Å². The average molecular weight is 204 g/mol. The fourth-order valence-corrected chi connectivity index (χ4v) is 2.38. The molecule has 0 radical (unpaired) electrons. The summed E-state index contributed by atoms with van der Waals surface area (Å²) in [5.41, 5.74) is 0. The number of nitrogens with zero attached hydrogens (tertiary/aromatic N) is 4. The highest BCUT2D eigenvalue weighted by Gasteiger charge is 2.33. The van der Waals surface area contributed by atoms with E-state index in [1.807, 2.05) is 4.68 Å². The van der Waals surface area contributed by atoms with Crippen molar-refractivity contribution in [1.29, 1.82) is 5.26 Å². The summed E-state index contributed by atoms with van der Waals surface area (Å²) in [6.45, 7) is 3.15. The summed E-state index contributed by atoms with van der Waals surface area (Å²) in [6.07, 6.45) is 5.81. The molecule has 2 rings (SSSR count). The lowest BCUT2D eigenvalue weighted by molar-refractivity contribution is 0.386. The van der Waals surface area contributed by atoms with E-state index in [0.717, 1.165) is 12.4 Å². The molecule has 0 saturated heterocycles. The maximum absolute atomic E-state index is 8.83. The molecule has 1 aliphatic rings. The van der Waals surface area contributed by atoms with Crippen molar-refractivity contribution in [1.82, 2.24) is 14.8 Å². The van der Waals surface area contributed by atoms with Crippen LogP contribution >= 0.6 is 0 Å². The minimum Gasteiger partial charge on any atom is -0.249 e. The zero-order valence-electron chi connectivity index (χ0n) is 9.06. The van der Waals surface area contributed by atoms with Gasteiger partial charge in [0.25, 0.3) is 0 Å². The van der Waals surface area contributed by atoms with Crippen LogP contribution in [0.1, 0.15) is 44.3 Å². The number of aromatic nitrogens is 3. The first-order valence-electron chi connectivity index (χ1n) is 5.61. The predicted molar refractivity (Wildman–Crippen MR) is 56.0 cm³/mol. The zero-order valence-corrected chi connectivity index (χ0v) is 9.06. The van der Waals surface area contributed by atoms with Gasteiger partial charge in [0.1, 0.15) is 12.2 Å². The number of fused-ring (bicyclic) bond motifs is 1. The van der Waals surface area contributed by atoms with Crippen LogP contribution in [-0.4, -0.2) is 14.8 Å². The van der Waals surface area contributed by atoms with Crippen LogP contribution in [-0.2, 0) is 6.54 Å². The Labute approximate surface area is 89.9 Å². The van der Waals surface area contributed by atoms with Gasteiger partial charge >= 0.3 is 0 Å². The van der Waals surface area contributed by atoms with Crippen molar-refractivity contribution < 1.29 is 0 Å². The van der Waals surface area contributed by atoms with E-state index in [9.17, 15) is 0 Å². The van der Waals surface area contributed by atoms with Crippen molar-refractivity contribution in [2.24, 2.45) is 5.92 Å². The lowest BCUT2D eigenvalue weighted by Crippen LogP contribution is -2.09. The van der Waals surface area contributed by atoms with Crippen LogP contribution in [0.4, 0.5) is 0 Å². The average Bonchev–Trinajstić information content (AvgIpc) is 2.78. The lowest BCUT2D eigenvalue weighted by Gasteiger charge is -2.14. The minimum absolute atomic E-state index is 0.309. The monoisotopic (exact) mass is 204 g/mol. The molecule has 0 saturated carbocycles. The van der Waals surface area contributed by atoms with Crippen molar-refractivity contribution in [3.8, 4) is 6.07 Å². The number of hydrogen-bond donors (Lipinski definition) is 0. The number of nitriles is 1. The predicted octanol–water partition coefficient (Wildman–Crippen LogP) is 2.10. The fraction of sp³-hybridized carbons (Fsp3) is 0.727. The molecule has 4 nitrogen and oxygen atoms in total. The van der Waals surface area contributed by atoms with E-state index in [-0.39, 0.29) is 0 Å². The van der Waals surface area contributed by atoms with Crippen LogP contribution in [0.15, 0.2) is 6.33 Å². The molecule has 4 heteroatoms. The van der Waals surface area contributed by atoms with Gasteiger partial charge < -0.3 is 0 Å². The molecular weight excluding hydrogens is 188 g/mol. The third kappa shape index (κ3) is 1.87. The molecule has 2 atom stereocenters. The van der Waals surface area contributed by atoms with Crippen molar-refractivity contribution in [3.63, 3.8) is 0 Å². The largest absolute Gasteiger partial charge is 0.249 e. The van der Waals surface area contributed by atoms with E-state index >= 15 is 0 Å². The second-order valence-electron chi connectivity index (χ2n) is 4.17. The standard InChI is InChI=1S/C11H16N4/c1-2-3-4-9-7-15-11(13-8-14-15)10(9)5-6-12/h8-10H,2-5,7H2,1H3/t9-,10+/m0/s1. The summed E-state index contributed by atoms with van der Waals surface area (Å²) in [5, 5.41) is 13.0. The van der Waals surface area contributed by atoms with E-state index in [0.29, 0.717) is 18.3 Å². The van der Waals surface area contributed by atoms with Gasteiger partial charge in [0.05, 0.1) is 6.07 Å². The van der Waals surface area contributed by atoms with Gasteiger partial charge in [0.2, 0.25) is 0 Å². The van der Waals surface area contributed by atoms with Crippen LogP contribution < -0.4 is 0 Å². The van der Waals surface area contributed by atoms with Gasteiger partial charge in [-0.15, -0.1) is 0 Å². The third-order valence-electron chi connectivity index (χ3n) is 3.19. The molecular formula is C11H16N4. The molecule has 0 spiro atoms. The van der Waals surface area contributed by atoms with E-state index in [2.05, 4.69) is 23.1 Å². The molecule has 2 heterocycles. The summed E-state index contributed by atoms with van der Waals surface area (Å²) >= 11 is 0. The maximum atomic E-state index is 8.83. The number of rotatable bonds is 4. The maximum Gasteiger partial charge on any atom is 0.138 e. The van der Waals surface area contributed by atoms with Gasteiger partial charge in [0, 0.05) is 18.9 Å². The quantitative estimate of drug-likeness (QED) is 0.754. The van der Waals surface area contributed by atoms with E-state index in [4.69, 9.17) is 5.26 Å². The van der Waals surface area contributed by atoms with Crippen LogP contribution in [0, 0.1) is 17.2 Å². The molecule has 0 bridgehead atoms. The first-order chi connectivity index (χ1) is 7.36. The Balaban J connectivity index is 2.09. The van der Waals surface area contributed by atoms with Gasteiger partial charge in [-0.05, 0) is 12.3 Å². The smallest absolute Gasteiger partial charge is 0.138 e. The molecule has 0 fully saturated rings. The Bertz CT molecular complexity index is 363. The van der Waals surface area contributed by atoms with Gasteiger partial charge in [-0.2, -0.15) is 10.4 Å². The second kappa shape index (κ2) is 4.43. The molecule has 1 aromatic heterocycles. The summed E-state index contributed by atoms with van der Waals surface area (Å²) in [4.78, 5) is 4.26. The summed E-state index contributed by atoms with van der Waals surface area (Å²) in [7, 11) is 0. The van der Waals surface area contributed by atoms with Gasteiger partial charge in [-0.25, -0.2) is 9.67 Å². The molecule has 0 amide bonds. The molecule has 1 aliphatic heterocycles. The Hall–Kier alpha value is -1.37. The van der Waals surface area contributed by atoms with E-state index < -0.39 is 0 Å². The molecule has 15 heavy (non-hydrogen) atoms. The lowest BCUT2D eigenvalue weighted by atomic mass is 9.88. The van der Waals surface area contributed by atoms with Crippen molar-refractivity contribution in [2.45, 2.75) is 45.1 Å². The van der Waals surface area contributed by atoms with Gasteiger partial charge in [-0.3, -0.25) is 0 Å². The summed E-state index contributed by atoms with van der Waals surface area (Å²) in [6, 6.07) is 2.27. The zero-order chi connectivity index (χ0) is 10.7. The topological polar surface area (TPSA) is 54.5 Å². The molecule has 0 aromatic carbocycles. The fourth-order valence-electron chi connectivity index (χ4n) is 2.38. The third-order valence-corrected chi connectivity index (χ3v) is 3.19. The highest BCUT2D eigenvalue weighted by atomic mass is 15.3. The van der Waals surface area contributed by atoms with Crippen LogP contribution in [0.25, 0.3) is 0 Å². The van der Waals surface area contributed by atoms with E-state index in [1.165, 1.54) is 19.3 Å².